The van der Waals surface area contributed by atoms with Gasteiger partial charge in [0.1, 0.15) is 11.1 Å². The Hall–Kier alpha value is -7.37. The maximum absolute atomic E-state index is 6.82. The van der Waals surface area contributed by atoms with E-state index in [2.05, 4.69) is 162 Å². The smallest absolute Gasteiger partial charge is 0.238 e. The Balaban J connectivity index is 1.22. The van der Waals surface area contributed by atoms with Crippen LogP contribution < -0.4 is 0 Å². The van der Waals surface area contributed by atoms with E-state index >= 15 is 0 Å². The van der Waals surface area contributed by atoms with E-state index in [1.54, 1.807) is 0 Å². The summed E-state index contributed by atoms with van der Waals surface area (Å²) in [5.41, 5.74) is 9.90. The summed E-state index contributed by atoms with van der Waals surface area (Å²) in [5, 5.41) is 6.68. The van der Waals surface area contributed by atoms with E-state index in [4.69, 9.17) is 19.4 Å². The second kappa shape index (κ2) is 12.1. The number of benzene rings is 8. The summed E-state index contributed by atoms with van der Waals surface area (Å²) in [5.74, 6) is 1.70. The maximum atomic E-state index is 6.82. The zero-order valence-electron chi connectivity index (χ0n) is 29.0. The first-order chi connectivity index (χ1) is 26.8. The normalized spacial score (nSPS) is 11.7. The first-order valence-electron chi connectivity index (χ1n) is 18.1. The van der Waals surface area contributed by atoms with Crippen LogP contribution in [0.4, 0.5) is 0 Å². The third kappa shape index (κ3) is 4.76. The van der Waals surface area contributed by atoms with Crippen molar-refractivity contribution in [2.75, 3.05) is 0 Å². The molecule has 0 atom stereocenters. The van der Waals surface area contributed by atoms with E-state index in [1.807, 2.05) is 24.3 Å². The molecule has 11 aromatic rings. The minimum absolute atomic E-state index is 0.524. The van der Waals surface area contributed by atoms with Crippen LogP contribution in [0.15, 0.2) is 186 Å². The zero-order valence-corrected chi connectivity index (χ0v) is 29.0. The monoisotopic (exact) mass is 690 g/mol. The lowest BCUT2D eigenvalue weighted by molar-refractivity contribution is 0.671. The fourth-order valence-electron chi connectivity index (χ4n) is 7.97. The Bertz CT molecular complexity index is 3200. The third-order valence-electron chi connectivity index (χ3n) is 10.5. The first-order valence-corrected chi connectivity index (χ1v) is 18.1. The van der Waals surface area contributed by atoms with E-state index in [-0.39, 0.29) is 0 Å². The van der Waals surface area contributed by atoms with Crippen LogP contribution in [-0.4, -0.2) is 19.5 Å². The van der Waals surface area contributed by atoms with Crippen LogP contribution in [0, 0.1) is 0 Å². The highest BCUT2D eigenvalue weighted by molar-refractivity contribution is 6.34. The molecular formula is C49H30N4O. The molecule has 0 spiro atoms. The van der Waals surface area contributed by atoms with Gasteiger partial charge < -0.3 is 4.42 Å². The van der Waals surface area contributed by atoms with Crippen molar-refractivity contribution >= 4 is 54.5 Å². The summed E-state index contributed by atoms with van der Waals surface area (Å²) in [6.07, 6.45) is 0. The molecule has 54 heavy (non-hydrogen) atoms. The Morgan fingerprint density at radius 3 is 1.63 bits per heavy atom. The molecule has 0 bridgehead atoms. The van der Waals surface area contributed by atoms with Gasteiger partial charge in [-0.05, 0) is 51.2 Å². The Labute approximate surface area is 310 Å². The lowest BCUT2D eigenvalue weighted by atomic mass is 9.99. The molecule has 0 amide bonds. The molecule has 5 nitrogen and oxygen atoms in total. The number of fused-ring (bicyclic) bond motifs is 10. The summed E-state index contributed by atoms with van der Waals surface area (Å²) >= 11 is 0. The quantitative estimate of drug-likeness (QED) is 0.180. The van der Waals surface area contributed by atoms with Crippen molar-refractivity contribution < 1.29 is 4.42 Å². The molecular weight excluding hydrogens is 661 g/mol. The summed E-state index contributed by atoms with van der Waals surface area (Å²) < 4.78 is 9.00. The van der Waals surface area contributed by atoms with Crippen LogP contribution in [0.3, 0.4) is 0 Å². The number of hydrogen-bond acceptors (Lipinski definition) is 4. The van der Waals surface area contributed by atoms with Gasteiger partial charge in [-0.15, -0.1) is 0 Å². The molecule has 11 rings (SSSR count). The van der Waals surface area contributed by atoms with Gasteiger partial charge >= 0.3 is 0 Å². The molecule has 3 heterocycles. The highest BCUT2D eigenvalue weighted by Gasteiger charge is 2.25. The van der Waals surface area contributed by atoms with Gasteiger partial charge in [-0.2, -0.15) is 9.97 Å². The van der Waals surface area contributed by atoms with E-state index in [1.165, 1.54) is 0 Å². The van der Waals surface area contributed by atoms with Crippen molar-refractivity contribution in [3.05, 3.63) is 182 Å². The van der Waals surface area contributed by atoms with Crippen molar-refractivity contribution in [3.63, 3.8) is 0 Å². The molecule has 0 saturated carbocycles. The maximum Gasteiger partial charge on any atom is 0.238 e. The van der Waals surface area contributed by atoms with Crippen LogP contribution in [0.5, 0.6) is 0 Å². The van der Waals surface area contributed by atoms with E-state index < -0.39 is 0 Å². The van der Waals surface area contributed by atoms with E-state index in [9.17, 15) is 0 Å². The van der Waals surface area contributed by atoms with Gasteiger partial charge in [0.15, 0.2) is 17.2 Å². The summed E-state index contributed by atoms with van der Waals surface area (Å²) in [7, 11) is 0. The Morgan fingerprint density at radius 2 is 0.889 bits per heavy atom. The van der Waals surface area contributed by atoms with Crippen LogP contribution in [0.1, 0.15) is 0 Å². The molecule has 0 unspecified atom stereocenters. The van der Waals surface area contributed by atoms with Gasteiger partial charge in [-0.1, -0.05) is 164 Å². The minimum Gasteiger partial charge on any atom is -0.454 e. The fraction of sp³-hybridized carbons (Fsp3) is 0. The van der Waals surface area contributed by atoms with Crippen LogP contribution in [0.2, 0.25) is 0 Å². The Morgan fingerprint density at radius 1 is 0.370 bits per heavy atom. The highest BCUT2D eigenvalue weighted by Crippen LogP contribution is 2.45. The molecule has 0 N–H and O–H groups in total. The van der Waals surface area contributed by atoms with Crippen molar-refractivity contribution in [2.24, 2.45) is 0 Å². The number of nitrogens with zero attached hydrogens (tertiary/aromatic N) is 4. The van der Waals surface area contributed by atoms with Crippen molar-refractivity contribution in [1.82, 2.24) is 19.5 Å². The molecule has 5 heteroatoms. The highest BCUT2D eigenvalue weighted by atomic mass is 16.3. The van der Waals surface area contributed by atoms with Gasteiger partial charge in [0, 0.05) is 32.7 Å². The zero-order chi connectivity index (χ0) is 35.6. The van der Waals surface area contributed by atoms with Crippen molar-refractivity contribution in [3.8, 4) is 51.0 Å². The molecule has 0 saturated heterocycles. The standard InChI is InChI=1S/C49H30N4O/c1-3-14-31(15-4-1)33-26-28-34(29-27-33)47-50-48(36-19-13-18-35(30-36)32-16-5-2-6-17-32)52-49(51-47)53-41-24-11-9-22-39(41)43-37-20-7-8-21-38(37)44-40-23-10-12-25-42(40)54-46(44)45(43)53/h1-30H. The Kier molecular flexibility index (Phi) is 6.79. The molecule has 252 valence electrons. The number of furan rings is 1. The van der Waals surface area contributed by atoms with Crippen LogP contribution in [-0.2, 0) is 0 Å². The van der Waals surface area contributed by atoms with Crippen LogP contribution >= 0.6 is 0 Å². The summed E-state index contributed by atoms with van der Waals surface area (Å²) in [6, 6.07) is 63.1. The topological polar surface area (TPSA) is 56.7 Å². The number of hydrogen-bond donors (Lipinski definition) is 0. The van der Waals surface area contributed by atoms with E-state index in [0.717, 1.165) is 87.9 Å². The summed E-state index contributed by atoms with van der Waals surface area (Å²) in [4.78, 5) is 15.8. The van der Waals surface area contributed by atoms with Crippen molar-refractivity contribution in [1.29, 1.82) is 0 Å². The van der Waals surface area contributed by atoms with Gasteiger partial charge in [0.05, 0.1) is 5.52 Å². The molecule has 3 aromatic heterocycles. The van der Waals surface area contributed by atoms with Crippen LogP contribution in [0.25, 0.3) is 105 Å². The second-order valence-corrected chi connectivity index (χ2v) is 13.6. The van der Waals surface area contributed by atoms with Gasteiger partial charge in [0.2, 0.25) is 5.95 Å². The van der Waals surface area contributed by atoms with E-state index in [0.29, 0.717) is 17.6 Å². The predicted molar refractivity (Wildman–Crippen MR) is 221 cm³/mol. The van der Waals surface area contributed by atoms with Gasteiger partial charge in [0.25, 0.3) is 0 Å². The fourth-order valence-corrected chi connectivity index (χ4v) is 7.97. The summed E-state index contributed by atoms with van der Waals surface area (Å²) in [6.45, 7) is 0. The molecule has 0 aliphatic rings. The minimum atomic E-state index is 0.524. The third-order valence-corrected chi connectivity index (χ3v) is 10.5. The number of para-hydroxylation sites is 2. The molecule has 8 aromatic carbocycles. The number of rotatable bonds is 5. The lowest BCUT2D eigenvalue weighted by Crippen LogP contribution is -2.06. The predicted octanol–water partition coefficient (Wildman–Crippen LogP) is 12.7. The molecule has 0 fully saturated rings. The largest absolute Gasteiger partial charge is 0.454 e. The first kappa shape index (κ1) is 30.3. The second-order valence-electron chi connectivity index (χ2n) is 13.6. The lowest BCUT2D eigenvalue weighted by Gasteiger charge is -2.12. The average Bonchev–Trinajstić information content (AvgIpc) is 3.82. The molecule has 0 aliphatic heterocycles. The molecule has 0 radical (unpaired) electrons. The van der Waals surface area contributed by atoms with Crippen molar-refractivity contribution in [2.45, 2.75) is 0 Å². The SMILES string of the molecule is c1ccc(-c2ccc(-c3nc(-c4cccc(-c5ccccc5)c4)nc(-n4c5ccccc5c5c6ccccc6c6c7ccccc7oc6c54)n3)cc2)cc1. The average molecular weight is 691 g/mol. The molecule has 0 aliphatic carbocycles. The van der Waals surface area contributed by atoms with Gasteiger partial charge in [-0.3, -0.25) is 4.57 Å². The number of aromatic nitrogens is 4. The van der Waals surface area contributed by atoms with Gasteiger partial charge in [-0.25, -0.2) is 4.98 Å².